The second-order valence-corrected chi connectivity index (χ2v) is 6.53. The molecule has 0 aliphatic carbocycles. The number of thiazole rings is 1. The lowest BCUT2D eigenvalue weighted by molar-refractivity contribution is -0.127. The van der Waals surface area contributed by atoms with Gasteiger partial charge in [0.15, 0.2) is 0 Å². The van der Waals surface area contributed by atoms with Crippen LogP contribution in [0.3, 0.4) is 0 Å². The van der Waals surface area contributed by atoms with Crippen molar-refractivity contribution in [2.75, 3.05) is 13.1 Å². The molecule has 0 N–H and O–H groups in total. The highest BCUT2D eigenvalue weighted by Crippen LogP contribution is 2.25. The molecule has 2 aromatic rings. The molecule has 1 amide bonds. The van der Waals surface area contributed by atoms with Crippen molar-refractivity contribution in [3.05, 3.63) is 35.0 Å². The van der Waals surface area contributed by atoms with Crippen LogP contribution in [-0.4, -0.2) is 33.9 Å². The number of aryl methyl sites for hydroxylation is 1. The fraction of sp³-hybridized carbons (Fsp3) is 0.438. The number of carbonyl (C=O) groups is 1. The summed E-state index contributed by atoms with van der Waals surface area (Å²) in [5.74, 6) is 0.744. The molecule has 1 unspecified atom stereocenters. The van der Waals surface area contributed by atoms with Gasteiger partial charge in [-0.2, -0.15) is 0 Å². The van der Waals surface area contributed by atoms with Crippen LogP contribution < -0.4 is 0 Å². The Balaban J connectivity index is 1.71. The summed E-state index contributed by atoms with van der Waals surface area (Å²) in [5, 5.41) is 3.02. The maximum atomic E-state index is 11.4. The van der Waals surface area contributed by atoms with E-state index >= 15 is 0 Å². The highest BCUT2D eigenvalue weighted by molar-refractivity contribution is 7.13. The van der Waals surface area contributed by atoms with Crippen LogP contribution in [0.15, 0.2) is 23.7 Å². The first kappa shape index (κ1) is 14.2. The predicted octanol–water partition coefficient (Wildman–Crippen LogP) is 2.92. The number of hydrogen-bond acceptors (Lipinski definition) is 4. The molecule has 0 bridgehead atoms. The van der Waals surface area contributed by atoms with Gasteiger partial charge in [-0.05, 0) is 43.4 Å². The second kappa shape index (κ2) is 5.93. The van der Waals surface area contributed by atoms with Gasteiger partial charge < -0.3 is 4.90 Å². The molecular formula is C16H19N3OS. The average molecular weight is 301 g/mol. The second-order valence-electron chi connectivity index (χ2n) is 5.67. The first-order valence-corrected chi connectivity index (χ1v) is 8.13. The topological polar surface area (TPSA) is 46.1 Å². The third-order valence-corrected chi connectivity index (χ3v) is 4.90. The first-order chi connectivity index (χ1) is 10.1. The van der Waals surface area contributed by atoms with E-state index in [0.29, 0.717) is 5.92 Å². The zero-order valence-electron chi connectivity index (χ0n) is 12.4. The van der Waals surface area contributed by atoms with Crippen molar-refractivity contribution in [2.24, 2.45) is 5.92 Å². The Morgan fingerprint density at radius 1 is 1.52 bits per heavy atom. The number of amides is 1. The zero-order chi connectivity index (χ0) is 14.8. The Morgan fingerprint density at radius 2 is 2.38 bits per heavy atom. The molecule has 5 heteroatoms. The minimum Gasteiger partial charge on any atom is -0.343 e. The molecule has 1 atom stereocenters. The van der Waals surface area contributed by atoms with Crippen LogP contribution in [-0.2, 0) is 11.2 Å². The number of rotatable bonds is 3. The van der Waals surface area contributed by atoms with Crippen LogP contribution in [0.5, 0.6) is 0 Å². The number of hydrogen-bond donors (Lipinski definition) is 0. The summed E-state index contributed by atoms with van der Waals surface area (Å²) in [6.45, 7) is 5.42. The minimum atomic E-state index is 0.186. The summed E-state index contributed by atoms with van der Waals surface area (Å²) in [7, 11) is 0. The molecular weight excluding hydrogens is 282 g/mol. The van der Waals surface area contributed by atoms with Gasteiger partial charge in [0, 0.05) is 37.3 Å². The summed E-state index contributed by atoms with van der Waals surface area (Å²) in [4.78, 5) is 22.3. The van der Waals surface area contributed by atoms with Gasteiger partial charge in [-0.1, -0.05) is 0 Å². The van der Waals surface area contributed by atoms with Gasteiger partial charge in [-0.15, -0.1) is 11.3 Å². The molecule has 4 nitrogen and oxygen atoms in total. The summed E-state index contributed by atoms with van der Waals surface area (Å²) < 4.78 is 0. The van der Waals surface area contributed by atoms with Crippen molar-refractivity contribution >= 4 is 17.2 Å². The van der Waals surface area contributed by atoms with Crippen molar-refractivity contribution < 1.29 is 4.79 Å². The quantitative estimate of drug-likeness (QED) is 0.875. The minimum absolute atomic E-state index is 0.186. The van der Waals surface area contributed by atoms with E-state index in [1.165, 1.54) is 5.56 Å². The molecule has 0 radical (unpaired) electrons. The van der Waals surface area contributed by atoms with E-state index in [2.05, 4.69) is 22.1 Å². The van der Waals surface area contributed by atoms with E-state index in [4.69, 9.17) is 0 Å². The Morgan fingerprint density at radius 3 is 3.05 bits per heavy atom. The van der Waals surface area contributed by atoms with Gasteiger partial charge in [0.1, 0.15) is 5.01 Å². The number of pyridine rings is 1. The number of nitrogens with zero attached hydrogens (tertiary/aromatic N) is 3. The molecule has 21 heavy (non-hydrogen) atoms. The molecule has 0 aromatic carbocycles. The lowest BCUT2D eigenvalue weighted by Gasteiger charge is -2.14. The van der Waals surface area contributed by atoms with Crippen LogP contribution in [0.1, 0.15) is 24.6 Å². The average Bonchev–Trinajstić information content (AvgIpc) is 3.08. The maximum absolute atomic E-state index is 11.4. The van der Waals surface area contributed by atoms with Crippen LogP contribution in [0.25, 0.3) is 10.7 Å². The Kier molecular flexibility index (Phi) is 4.01. The van der Waals surface area contributed by atoms with Crippen molar-refractivity contribution in [3.8, 4) is 10.7 Å². The highest BCUT2D eigenvalue weighted by Gasteiger charge is 2.24. The van der Waals surface area contributed by atoms with Crippen molar-refractivity contribution in [3.63, 3.8) is 0 Å². The van der Waals surface area contributed by atoms with Gasteiger partial charge in [0.25, 0.3) is 0 Å². The fourth-order valence-corrected chi connectivity index (χ4v) is 3.57. The largest absolute Gasteiger partial charge is 0.343 e. The monoisotopic (exact) mass is 301 g/mol. The van der Waals surface area contributed by atoms with Crippen LogP contribution in [0.2, 0.25) is 0 Å². The Hall–Kier alpha value is -1.75. The molecule has 3 rings (SSSR count). The molecule has 2 aromatic heterocycles. The molecule has 1 saturated heterocycles. The third-order valence-electron chi connectivity index (χ3n) is 3.92. The van der Waals surface area contributed by atoms with Crippen LogP contribution in [0.4, 0.5) is 0 Å². The predicted molar refractivity (Wildman–Crippen MR) is 84.1 cm³/mol. The van der Waals surface area contributed by atoms with Gasteiger partial charge in [0.2, 0.25) is 5.91 Å². The molecule has 110 valence electrons. The molecule has 1 fully saturated rings. The zero-order valence-corrected chi connectivity index (χ0v) is 13.2. The van der Waals surface area contributed by atoms with E-state index in [-0.39, 0.29) is 5.91 Å². The fourth-order valence-electron chi connectivity index (χ4n) is 2.81. The van der Waals surface area contributed by atoms with Gasteiger partial charge in [0.05, 0.1) is 5.69 Å². The Labute approximate surface area is 128 Å². The summed E-state index contributed by atoms with van der Waals surface area (Å²) in [5.41, 5.74) is 3.27. The molecule has 1 aliphatic rings. The number of aromatic nitrogens is 2. The van der Waals surface area contributed by atoms with Gasteiger partial charge >= 0.3 is 0 Å². The van der Waals surface area contributed by atoms with E-state index in [1.807, 2.05) is 23.4 Å². The van der Waals surface area contributed by atoms with E-state index < -0.39 is 0 Å². The summed E-state index contributed by atoms with van der Waals surface area (Å²) in [6, 6.07) is 4.20. The van der Waals surface area contributed by atoms with E-state index in [1.54, 1.807) is 18.3 Å². The molecule has 0 spiro atoms. The van der Waals surface area contributed by atoms with Crippen LogP contribution >= 0.6 is 11.3 Å². The van der Waals surface area contributed by atoms with E-state index in [0.717, 1.165) is 42.3 Å². The Bertz CT molecular complexity index is 652. The van der Waals surface area contributed by atoms with Gasteiger partial charge in [-0.3, -0.25) is 9.78 Å². The lowest BCUT2D eigenvalue weighted by Crippen LogP contribution is -2.26. The SMILES string of the molecule is CC(=O)N1CCC(Cc2ccnc(-c3nc(C)cs3)c2)C1. The molecule has 3 heterocycles. The maximum Gasteiger partial charge on any atom is 0.219 e. The van der Waals surface area contributed by atoms with Crippen LogP contribution in [0, 0.1) is 12.8 Å². The third kappa shape index (κ3) is 3.29. The van der Waals surface area contributed by atoms with Gasteiger partial charge in [-0.25, -0.2) is 4.98 Å². The molecule has 0 saturated carbocycles. The normalized spacial score (nSPS) is 18.2. The standard InChI is InChI=1S/C16H19N3OS/c1-11-10-21-16(18-11)15-8-13(3-5-17-15)7-14-4-6-19(9-14)12(2)20/h3,5,8,10,14H,4,6-7,9H2,1-2H3. The van der Waals surface area contributed by atoms with Crippen molar-refractivity contribution in [1.82, 2.24) is 14.9 Å². The van der Waals surface area contributed by atoms with Crippen molar-refractivity contribution in [1.29, 1.82) is 0 Å². The van der Waals surface area contributed by atoms with Crippen molar-refractivity contribution in [2.45, 2.75) is 26.7 Å². The molecule has 1 aliphatic heterocycles. The lowest BCUT2D eigenvalue weighted by atomic mass is 9.99. The summed E-state index contributed by atoms with van der Waals surface area (Å²) in [6.07, 6.45) is 3.95. The summed E-state index contributed by atoms with van der Waals surface area (Å²) >= 11 is 1.63. The number of likely N-dealkylation sites (tertiary alicyclic amines) is 1. The number of carbonyl (C=O) groups excluding carboxylic acids is 1. The first-order valence-electron chi connectivity index (χ1n) is 7.25. The highest BCUT2D eigenvalue weighted by atomic mass is 32.1. The van der Waals surface area contributed by atoms with E-state index in [9.17, 15) is 4.79 Å². The smallest absolute Gasteiger partial charge is 0.219 e.